The van der Waals surface area contributed by atoms with Crippen molar-refractivity contribution >= 4 is 35.0 Å². The Balaban J connectivity index is 1.84. The Labute approximate surface area is 155 Å². The van der Waals surface area contributed by atoms with Gasteiger partial charge in [0.25, 0.3) is 0 Å². The van der Waals surface area contributed by atoms with Crippen molar-refractivity contribution < 1.29 is 0 Å². The molecule has 0 N–H and O–H groups in total. The molecule has 0 fully saturated rings. The first-order valence-corrected chi connectivity index (χ1v) is 9.09. The van der Waals surface area contributed by atoms with Gasteiger partial charge in [-0.15, -0.1) is 16.8 Å². The van der Waals surface area contributed by atoms with Gasteiger partial charge in [0.15, 0.2) is 11.0 Å². The molecule has 0 aliphatic carbocycles. The Hall–Kier alpha value is -1.75. The van der Waals surface area contributed by atoms with Crippen LogP contribution >= 0.6 is 35.0 Å². The Bertz CT molecular complexity index is 847. The summed E-state index contributed by atoms with van der Waals surface area (Å²) >= 11 is 13.6. The molecule has 6 heteroatoms. The number of hydrogen-bond acceptors (Lipinski definition) is 3. The summed E-state index contributed by atoms with van der Waals surface area (Å²) in [6, 6.07) is 15.7. The molecule has 0 unspecified atom stereocenters. The maximum atomic E-state index is 6.07. The van der Waals surface area contributed by atoms with Gasteiger partial charge in [-0.2, -0.15) is 0 Å². The van der Waals surface area contributed by atoms with Crippen LogP contribution < -0.4 is 0 Å². The number of halogens is 2. The molecule has 3 aromatic rings. The van der Waals surface area contributed by atoms with Crippen molar-refractivity contribution in [1.82, 2.24) is 14.8 Å². The van der Waals surface area contributed by atoms with Crippen LogP contribution in [0.25, 0.3) is 11.4 Å². The molecule has 0 atom stereocenters. The van der Waals surface area contributed by atoms with Gasteiger partial charge in [-0.1, -0.05) is 77.4 Å². The number of allylic oxidation sites excluding steroid dienone is 1. The van der Waals surface area contributed by atoms with Crippen molar-refractivity contribution in [1.29, 1.82) is 0 Å². The Morgan fingerprint density at radius 3 is 2.54 bits per heavy atom. The third-order valence-corrected chi connectivity index (χ3v) is 5.19. The zero-order valence-electron chi connectivity index (χ0n) is 12.8. The monoisotopic (exact) mass is 375 g/mol. The Morgan fingerprint density at radius 2 is 1.83 bits per heavy atom. The summed E-state index contributed by atoms with van der Waals surface area (Å²) in [7, 11) is 0. The number of hydrogen-bond donors (Lipinski definition) is 0. The fourth-order valence-corrected chi connectivity index (χ4v) is 3.48. The average Bonchev–Trinajstić information content (AvgIpc) is 3.00. The summed E-state index contributed by atoms with van der Waals surface area (Å²) in [6.07, 6.45) is 1.85. The van der Waals surface area contributed by atoms with Gasteiger partial charge < -0.3 is 0 Å². The lowest BCUT2D eigenvalue weighted by Crippen LogP contribution is -2.00. The zero-order valence-corrected chi connectivity index (χ0v) is 15.2. The van der Waals surface area contributed by atoms with Crippen LogP contribution in [0.3, 0.4) is 0 Å². The molecule has 0 saturated heterocycles. The van der Waals surface area contributed by atoms with Crippen molar-refractivity contribution in [3.05, 3.63) is 76.8 Å². The lowest BCUT2D eigenvalue weighted by atomic mass is 10.2. The number of rotatable bonds is 6. The van der Waals surface area contributed by atoms with E-state index in [1.54, 1.807) is 11.8 Å². The van der Waals surface area contributed by atoms with Gasteiger partial charge in [0.2, 0.25) is 0 Å². The molecule has 0 spiro atoms. The molecule has 3 nitrogen and oxygen atoms in total. The summed E-state index contributed by atoms with van der Waals surface area (Å²) in [6.45, 7) is 4.49. The highest BCUT2D eigenvalue weighted by molar-refractivity contribution is 7.98. The van der Waals surface area contributed by atoms with Crippen LogP contribution in [0.2, 0.25) is 10.0 Å². The van der Waals surface area contributed by atoms with E-state index in [1.165, 1.54) is 0 Å². The molecular formula is C18H15Cl2N3S. The molecule has 0 saturated carbocycles. The number of thioether (sulfide) groups is 1. The molecular weight excluding hydrogens is 361 g/mol. The summed E-state index contributed by atoms with van der Waals surface area (Å²) in [5.41, 5.74) is 2.12. The molecule has 3 rings (SSSR count). The maximum absolute atomic E-state index is 6.07. The van der Waals surface area contributed by atoms with Crippen LogP contribution in [0, 0.1) is 0 Å². The average molecular weight is 376 g/mol. The highest BCUT2D eigenvalue weighted by Gasteiger charge is 2.13. The Kier molecular flexibility index (Phi) is 5.61. The zero-order chi connectivity index (χ0) is 16.9. The van der Waals surface area contributed by atoms with Crippen LogP contribution in [0.15, 0.2) is 66.3 Å². The van der Waals surface area contributed by atoms with Gasteiger partial charge in [0.1, 0.15) is 0 Å². The van der Waals surface area contributed by atoms with Crippen LogP contribution in [-0.2, 0) is 12.3 Å². The van der Waals surface area contributed by atoms with Gasteiger partial charge in [-0.05, 0) is 17.7 Å². The summed E-state index contributed by atoms with van der Waals surface area (Å²) in [5, 5.41) is 10.7. The Morgan fingerprint density at radius 1 is 1.04 bits per heavy atom. The van der Waals surface area contributed by atoms with E-state index >= 15 is 0 Å². The van der Waals surface area contributed by atoms with Crippen molar-refractivity contribution in [3.8, 4) is 11.4 Å². The predicted octanol–water partition coefficient (Wildman–Crippen LogP) is 5.73. The first-order chi connectivity index (χ1) is 11.7. The molecule has 1 aromatic heterocycles. The van der Waals surface area contributed by atoms with Gasteiger partial charge in [0, 0.05) is 17.9 Å². The van der Waals surface area contributed by atoms with Crippen LogP contribution in [0.1, 0.15) is 5.56 Å². The van der Waals surface area contributed by atoms with Crippen molar-refractivity contribution in [2.75, 3.05) is 0 Å². The van der Waals surface area contributed by atoms with E-state index in [9.17, 15) is 0 Å². The lowest BCUT2D eigenvalue weighted by Gasteiger charge is -2.08. The first-order valence-electron chi connectivity index (χ1n) is 7.35. The lowest BCUT2D eigenvalue weighted by molar-refractivity contribution is 0.731. The molecule has 0 amide bonds. The molecule has 2 aromatic carbocycles. The second-order valence-corrected chi connectivity index (χ2v) is 6.87. The van der Waals surface area contributed by atoms with E-state index in [-0.39, 0.29) is 0 Å². The van der Waals surface area contributed by atoms with Crippen LogP contribution in [0.5, 0.6) is 0 Å². The predicted molar refractivity (Wildman–Crippen MR) is 102 cm³/mol. The molecule has 0 bridgehead atoms. The van der Waals surface area contributed by atoms with Gasteiger partial charge in [0.05, 0.1) is 10.0 Å². The van der Waals surface area contributed by atoms with Gasteiger partial charge >= 0.3 is 0 Å². The fraction of sp³-hybridized carbons (Fsp3) is 0.111. The molecule has 0 aliphatic heterocycles. The van der Waals surface area contributed by atoms with E-state index in [1.807, 2.05) is 54.6 Å². The number of aromatic nitrogens is 3. The SMILES string of the molecule is C=CCn1c(SCc2ccc(Cl)c(Cl)c2)nnc1-c1ccccc1. The third-order valence-electron chi connectivity index (χ3n) is 3.41. The molecule has 1 heterocycles. The van der Waals surface area contributed by atoms with E-state index in [4.69, 9.17) is 23.2 Å². The topological polar surface area (TPSA) is 30.7 Å². The number of benzene rings is 2. The highest BCUT2D eigenvalue weighted by Crippen LogP contribution is 2.29. The van der Waals surface area contributed by atoms with Crippen molar-refractivity contribution in [2.45, 2.75) is 17.5 Å². The second-order valence-electron chi connectivity index (χ2n) is 5.11. The minimum atomic E-state index is 0.562. The molecule has 0 radical (unpaired) electrons. The van der Waals surface area contributed by atoms with E-state index in [2.05, 4.69) is 21.3 Å². The normalized spacial score (nSPS) is 10.8. The molecule has 24 heavy (non-hydrogen) atoms. The molecule has 122 valence electrons. The first kappa shape index (κ1) is 17.1. The summed E-state index contributed by atoms with van der Waals surface area (Å²) in [5.74, 6) is 1.58. The second kappa shape index (κ2) is 7.88. The molecule has 0 aliphatic rings. The summed E-state index contributed by atoms with van der Waals surface area (Å²) in [4.78, 5) is 0. The largest absolute Gasteiger partial charge is 0.298 e. The van der Waals surface area contributed by atoms with E-state index in [0.29, 0.717) is 16.6 Å². The highest BCUT2D eigenvalue weighted by atomic mass is 35.5. The van der Waals surface area contributed by atoms with Gasteiger partial charge in [-0.3, -0.25) is 4.57 Å². The minimum Gasteiger partial charge on any atom is -0.298 e. The standard InChI is InChI=1S/C18H15Cl2N3S/c1-2-10-23-17(14-6-4-3-5-7-14)21-22-18(23)24-12-13-8-9-15(19)16(20)11-13/h2-9,11H,1,10,12H2. The quantitative estimate of drug-likeness (QED) is 0.407. The van der Waals surface area contributed by atoms with E-state index in [0.717, 1.165) is 27.9 Å². The fourth-order valence-electron chi connectivity index (χ4n) is 2.27. The maximum Gasteiger partial charge on any atom is 0.192 e. The van der Waals surface area contributed by atoms with Crippen LogP contribution in [-0.4, -0.2) is 14.8 Å². The van der Waals surface area contributed by atoms with Crippen LogP contribution in [0.4, 0.5) is 0 Å². The summed E-state index contributed by atoms with van der Waals surface area (Å²) < 4.78 is 2.06. The minimum absolute atomic E-state index is 0.562. The van der Waals surface area contributed by atoms with Crippen molar-refractivity contribution in [2.24, 2.45) is 0 Å². The van der Waals surface area contributed by atoms with Gasteiger partial charge in [-0.25, -0.2) is 0 Å². The van der Waals surface area contributed by atoms with E-state index < -0.39 is 0 Å². The third kappa shape index (κ3) is 3.83. The number of nitrogens with zero attached hydrogens (tertiary/aromatic N) is 3. The smallest absolute Gasteiger partial charge is 0.192 e. The van der Waals surface area contributed by atoms with Crippen molar-refractivity contribution in [3.63, 3.8) is 0 Å².